The van der Waals surface area contributed by atoms with Crippen molar-refractivity contribution in [1.82, 2.24) is 14.9 Å². The van der Waals surface area contributed by atoms with Gasteiger partial charge < -0.3 is 15.3 Å². The molecule has 0 aliphatic heterocycles. The van der Waals surface area contributed by atoms with Crippen LogP contribution in [0.25, 0.3) is 10.9 Å². The number of nitrogens with one attached hydrogen (secondary N) is 1. The van der Waals surface area contributed by atoms with E-state index in [2.05, 4.69) is 20.2 Å². The molecule has 0 radical (unpaired) electrons. The Kier molecular flexibility index (Phi) is 5.35. The normalized spacial score (nSPS) is 12.3. The molecule has 134 valence electrons. The van der Waals surface area contributed by atoms with E-state index < -0.39 is 5.97 Å². The molecule has 0 fully saturated rings. The van der Waals surface area contributed by atoms with Crippen LogP contribution in [-0.4, -0.2) is 46.6 Å². The topological polar surface area (TPSA) is 78.3 Å². The van der Waals surface area contributed by atoms with Crippen LogP contribution in [0.5, 0.6) is 0 Å². The highest BCUT2D eigenvalue weighted by Crippen LogP contribution is 2.27. The average Bonchev–Trinajstić information content (AvgIpc) is 2.60. The van der Waals surface area contributed by atoms with Gasteiger partial charge in [-0.1, -0.05) is 29.8 Å². The lowest BCUT2D eigenvalue weighted by atomic mass is 10.1. The van der Waals surface area contributed by atoms with Crippen LogP contribution in [0.4, 0.5) is 5.82 Å². The Hall–Kier alpha value is -2.70. The minimum atomic E-state index is -1.01. The second-order valence-corrected chi connectivity index (χ2v) is 6.68. The summed E-state index contributed by atoms with van der Waals surface area (Å²) < 4.78 is 0. The lowest BCUT2D eigenvalue weighted by molar-refractivity contribution is 0.0699. The summed E-state index contributed by atoms with van der Waals surface area (Å²) in [5.74, 6) is -0.426. The summed E-state index contributed by atoms with van der Waals surface area (Å²) in [4.78, 5) is 22.0. The van der Waals surface area contributed by atoms with E-state index >= 15 is 0 Å². The van der Waals surface area contributed by atoms with Gasteiger partial charge in [0.25, 0.3) is 0 Å². The highest BCUT2D eigenvalue weighted by molar-refractivity contribution is 6.30. The number of nitrogens with zero attached hydrogens (tertiary/aromatic N) is 3. The molecule has 3 rings (SSSR count). The molecule has 1 unspecified atom stereocenters. The number of carboxylic acids is 1. The molecule has 0 bridgehead atoms. The summed E-state index contributed by atoms with van der Waals surface area (Å²) in [6.07, 6.45) is 1.38. The van der Waals surface area contributed by atoms with Crippen LogP contribution in [0.1, 0.15) is 22.0 Å². The predicted molar refractivity (Wildman–Crippen MR) is 103 cm³/mol. The zero-order valence-corrected chi connectivity index (χ0v) is 15.2. The first-order valence-corrected chi connectivity index (χ1v) is 8.47. The lowest BCUT2D eigenvalue weighted by Crippen LogP contribution is -2.26. The van der Waals surface area contributed by atoms with Crippen LogP contribution in [-0.2, 0) is 0 Å². The number of carbonyl (C=O) groups is 1. The van der Waals surface area contributed by atoms with Crippen molar-refractivity contribution in [1.29, 1.82) is 0 Å². The van der Waals surface area contributed by atoms with Gasteiger partial charge in [0.2, 0.25) is 0 Å². The van der Waals surface area contributed by atoms with Crippen molar-refractivity contribution < 1.29 is 9.90 Å². The standard InChI is InChI=1S/C19H19ClN4O2/c1-24(2)10-16(12-5-3-6-13(20)9-12)23-18-14-7-4-8-15(19(25)26)17(14)21-11-22-18/h3-9,11,16H,10H2,1-2H3,(H,25,26)(H,21,22,23). The molecule has 0 saturated heterocycles. The summed E-state index contributed by atoms with van der Waals surface area (Å²) in [6.45, 7) is 0.713. The molecule has 0 saturated carbocycles. The van der Waals surface area contributed by atoms with E-state index in [1.54, 1.807) is 6.07 Å². The number of hydrogen-bond donors (Lipinski definition) is 2. The number of benzene rings is 2. The fraction of sp³-hybridized carbons (Fsp3) is 0.211. The fourth-order valence-corrected chi connectivity index (χ4v) is 3.06. The van der Waals surface area contributed by atoms with Crippen molar-refractivity contribution in [3.8, 4) is 0 Å². The van der Waals surface area contributed by atoms with E-state index in [4.69, 9.17) is 11.6 Å². The molecule has 0 amide bonds. The summed E-state index contributed by atoms with van der Waals surface area (Å²) in [5.41, 5.74) is 1.58. The van der Waals surface area contributed by atoms with Gasteiger partial charge in [0.1, 0.15) is 12.1 Å². The molecule has 2 aromatic carbocycles. The number of aromatic carboxylic acids is 1. The first-order valence-electron chi connectivity index (χ1n) is 8.09. The number of carboxylic acid groups (broad SMARTS) is 1. The second kappa shape index (κ2) is 7.68. The van der Waals surface area contributed by atoms with E-state index in [0.29, 0.717) is 28.3 Å². The number of anilines is 1. The number of para-hydroxylation sites is 1. The van der Waals surface area contributed by atoms with Crippen molar-refractivity contribution >= 4 is 34.3 Å². The number of halogens is 1. The molecule has 26 heavy (non-hydrogen) atoms. The van der Waals surface area contributed by atoms with Gasteiger partial charge in [0, 0.05) is 17.0 Å². The second-order valence-electron chi connectivity index (χ2n) is 6.24. The van der Waals surface area contributed by atoms with Crippen molar-refractivity contribution in [2.24, 2.45) is 0 Å². The smallest absolute Gasteiger partial charge is 0.337 e. The SMILES string of the molecule is CN(C)CC(Nc1ncnc2c(C(=O)O)cccc12)c1cccc(Cl)c1. The third kappa shape index (κ3) is 3.92. The number of likely N-dealkylation sites (N-methyl/N-ethyl adjacent to an activating group) is 1. The van der Waals surface area contributed by atoms with Gasteiger partial charge in [0.05, 0.1) is 17.1 Å². The van der Waals surface area contributed by atoms with E-state index in [1.807, 2.05) is 44.4 Å². The third-order valence-corrected chi connectivity index (χ3v) is 4.24. The third-order valence-electron chi connectivity index (χ3n) is 4.00. The minimum Gasteiger partial charge on any atom is -0.478 e. The van der Waals surface area contributed by atoms with Gasteiger partial charge in [-0.05, 0) is 43.9 Å². The predicted octanol–water partition coefficient (Wildman–Crippen LogP) is 3.70. The van der Waals surface area contributed by atoms with Gasteiger partial charge in [-0.3, -0.25) is 0 Å². The number of hydrogen-bond acceptors (Lipinski definition) is 5. The number of rotatable bonds is 6. The molecule has 6 nitrogen and oxygen atoms in total. The largest absolute Gasteiger partial charge is 0.478 e. The highest BCUT2D eigenvalue weighted by atomic mass is 35.5. The molecule has 0 aliphatic carbocycles. The zero-order valence-electron chi connectivity index (χ0n) is 14.5. The Morgan fingerprint density at radius 1 is 1.23 bits per heavy atom. The molecule has 3 aromatic rings. The molecular weight excluding hydrogens is 352 g/mol. The summed E-state index contributed by atoms with van der Waals surface area (Å²) in [5, 5.41) is 14.1. The van der Waals surface area contributed by atoms with Gasteiger partial charge in [-0.25, -0.2) is 14.8 Å². The van der Waals surface area contributed by atoms with Crippen LogP contribution in [0.3, 0.4) is 0 Å². The first-order chi connectivity index (χ1) is 12.5. The van der Waals surface area contributed by atoms with E-state index in [-0.39, 0.29) is 11.6 Å². The maximum Gasteiger partial charge on any atom is 0.337 e. The van der Waals surface area contributed by atoms with E-state index in [0.717, 1.165) is 5.56 Å². The molecule has 1 atom stereocenters. The molecular formula is C19H19ClN4O2. The zero-order chi connectivity index (χ0) is 18.7. The van der Waals surface area contributed by atoms with Crippen molar-refractivity contribution in [3.05, 3.63) is 64.9 Å². The van der Waals surface area contributed by atoms with Crippen LogP contribution >= 0.6 is 11.6 Å². The molecule has 7 heteroatoms. The van der Waals surface area contributed by atoms with Crippen molar-refractivity contribution in [3.63, 3.8) is 0 Å². The molecule has 1 heterocycles. The Morgan fingerprint density at radius 3 is 2.69 bits per heavy atom. The fourth-order valence-electron chi connectivity index (χ4n) is 2.86. The van der Waals surface area contributed by atoms with E-state index in [9.17, 15) is 9.90 Å². The Balaban J connectivity index is 2.04. The maximum atomic E-state index is 11.5. The number of fused-ring (bicyclic) bond motifs is 1. The maximum absolute atomic E-state index is 11.5. The number of aromatic nitrogens is 2. The minimum absolute atomic E-state index is 0.0738. The van der Waals surface area contributed by atoms with E-state index in [1.165, 1.54) is 12.4 Å². The van der Waals surface area contributed by atoms with Crippen LogP contribution in [0.15, 0.2) is 48.8 Å². The Labute approximate surface area is 156 Å². The Bertz CT molecular complexity index is 946. The van der Waals surface area contributed by atoms with Gasteiger partial charge in [-0.2, -0.15) is 0 Å². The summed E-state index contributed by atoms with van der Waals surface area (Å²) in [7, 11) is 3.97. The van der Waals surface area contributed by atoms with Gasteiger partial charge >= 0.3 is 5.97 Å². The quantitative estimate of drug-likeness (QED) is 0.689. The van der Waals surface area contributed by atoms with Crippen molar-refractivity contribution in [2.45, 2.75) is 6.04 Å². The van der Waals surface area contributed by atoms with Gasteiger partial charge in [-0.15, -0.1) is 0 Å². The first kappa shape index (κ1) is 18.1. The monoisotopic (exact) mass is 370 g/mol. The molecule has 0 aliphatic rings. The molecule has 2 N–H and O–H groups in total. The van der Waals surface area contributed by atoms with Crippen molar-refractivity contribution in [2.75, 3.05) is 26.0 Å². The van der Waals surface area contributed by atoms with Gasteiger partial charge in [0.15, 0.2) is 0 Å². The van der Waals surface area contributed by atoms with Crippen LogP contribution in [0, 0.1) is 0 Å². The van der Waals surface area contributed by atoms with Crippen LogP contribution < -0.4 is 5.32 Å². The summed E-state index contributed by atoms with van der Waals surface area (Å²) in [6, 6.07) is 12.6. The van der Waals surface area contributed by atoms with Crippen LogP contribution in [0.2, 0.25) is 5.02 Å². The highest BCUT2D eigenvalue weighted by Gasteiger charge is 2.17. The molecule has 1 aromatic heterocycles. The lowest BCUT2D eigenvalue weighted by Gasteiger charge is -2.24. The average molecular weight is 371 g/mol. The summed E-state index contributed by atoms with van der Waals surface area (Å²) >= 11 is 6.15. The Morgan fingerprint density at radius 2 is 2.00 bits per heavy atom. The molecule has 0 spiro atoms.